The second-order valence-corrected chi connectivity index (χ2v) is 10.6. The fraction of sp³-hybridized carbons (Fsp3) is 0.267. The van der Waals surface area contributed by atoms with E-state index in [9.17, 15) is 19.5 Å². The Hall–Kier alpha value is -4.44. The summed E-state index contributed by atoms with van der Waals surface area (Å²) >= 11 is 0.948. The molecule has 2 aromatic carbocycles. The van der Waals surface area contributed by atoms with Crippen LogP contribution in [0.3, 0.4) is 0 Å². The molecule has 206 valence electrons. The van der Waals surface area contributed by atoms with Gasteiger partial charge in [-0.05, 0) is 42.2 Å². The fourth-order valence-corrected chi connectivity index (χ4v) is 5.62. The lowest BCUT2D eigenvalue weighted by Crippen LogP contribution is -2.29. The lowest BCUT2D eigenvalue weighted by atomic mass is 9.93. The Morgan fingerprint density at radius 1 is 1.18 bits per heavy atom. The molecule has 40 heavy (non-hydrogen) atoms. The summed E-state index contributed by atoms with van der Waals surface area (Å²) in [5.74, 6) is -1.46. The lowest BCUT2D eigenvalue weighted by Gasteiger charge is -2.24. The molecular weight excluding hydrogens is 532 g/mol. The first kappa shape index (κ1) is 27.1. The van der Waals surface area contributed by atoms with Crippen molar-refractivity contribution in [1.29, 1.82) is 0 Å². The Kier molecular flexibility index (Phi) is 7.44. The van der Waals surface area contributed by atoms with E-state index < -0.39 is 23.7 Å². The van der Waals surface area contributed by atoms with Crippen LogP contribution in [-0.4, -0.2) is 47.6 Å². The van der Waals surface area contributed by atoms with Crippen LogP contribution in [0.5, 0.6) is 11.5 Å². The molecule has 10 heteroatoms. The van der Waals surface area contributed by atoms with Gasteiger partial charge in [-0.3, -0.25) is 14.5 Å². The van der Waals surface area contributed by atoms with Crippen LogP contribution in [0, 0.1) is 6.92 Å². The van der Waals surface area contributed by atoms with Gasteiger partial charge in [0.2, 0.25) is 0 Å². The molecule has 1 saturated heterocycles. The lowest BCUT2D eigenvalue weighted by molar-refractivity contribution is -0.132. The number of hydrogen-bond acceptors (Lipinski definition) is 9. The van der Waals surface area contributed by atoms with Crippen molar-refractivity contribution in [3.63, 3.8) is 0 Å². The van der Waals surface area contributed by atoms with Crippen LogP contribution in [0.25, 0.3) is 5.76 Å². The molecule has 1 aromatic heterocycles. The summed E-state index contributed by atoms with van der Waals surface area (Å²) in [6.45, 7) is 10.1. The van der Waals surface area contributed by atoms with Gasteiger partial charge >= 0.3 is 11.9 Å². The average molecular weight is 561 g/mol. The number of benzene rings is 2. The summed E-state index contributed by atoms with van der Waals surface area (Å²) in [5, 5.41) is 11.6. The van der Waals surface area contributed by atoms with Gasteiger partial charge in [0.1, 0.15) is 30.5 Å². The van der Waals surface area contributed by atoms with Gasteiger partial charge in [0.15, 0.2) is 16.6 Å². The van der Waals surface area contributed by atoms with Crippen LogP contribution in [0.2, 0.25) is 0 Å². The first-order chi connectivity index (χ1) is 19.2. The standard InChI is InChI=1S/C30H28N2O7S/c1-5-12-39-29(36)27-17(4)31-30(40-27)32-24(19-8-6-18(7-9-19)16(2)3)23(26(34)28(32)35)25(33)20-10-11-21-22(15-20)38-14-13-37-21/h5-11,15-16,24,33H,1,12-14H2,2-4H3/b25-23-. The number of aliphatic hydroxyl groups excluding tert-OH is 1. The number of carbonyl (C=O) groups is 3. The highest BCUT2D eigenvalue weighted by Gasteiger charge is 2.48. The molecule has 0 radical (unpaired) electrons. The number of aromatic nitrogens is 1. The topological polar surface area (TPSA) is 115 Å². The predicted molar refractivity (Wildman–Crippen MR) is 150 cm³/mol. The Balaban J connectivity index is 1.65. The average Bonchev–Trinajstić information content (AvgIpc) is 3.47. The molecule has 0 bridgehead atoms. The number of thiazole rings is 1. The van der Waals surface area contributed by atoms with Crippen molar-refractivity contribution in [1.82, 2.24) is 4.98 Å². The van der Waals surface area contributed by atoms with Crippen LogP contribution in [-0.2, 0) is 14.3 Å². The summed E-state index contributed by atoms with van der Waals surface area (Å²) in [6, 6.07) is 11.4. The third-order valence-corrected chi connectivity index (χ3v) is 7.82. The first-order valence-corrected chi connectivity index (χ1v) is 13.6. The molecule has 2 aliphatic heterocycles. The van der Waals surface area contributed by atoms with E-state index in [2.05, 4.69) is 25.4 Å². The van der Waals surface area contributed by atoms with Gasteiger partial charge < -0.3 is 19.3 Å². The highest BCUT2D eigenvalue weighted by atomic mass is 32.1. The van der Waals surface area contributed by atoms with Crippen LogP contribution >= 0.6 is 11.3 Å². The van der Waals surface area contributed by atoms with Gasteiger partial charge in [-0.15, -0.1) is 0 Å². The summed E-state index contributed by atoms with van der Waals surface area (Å²) in [5.41, 5.74) is 2.24. The number of ketones is 1. The van der Waals surface area contributed by atoms with Crippen LogP contribution < -0.4 is 14.4 Å². The van der Waals surface area contributed by atoms with E-state index in [0.717, 1.165) is 16.9 Å². The molecule has 9 nitrogen and oxygen atoms in total. The van der Waals surface area contributed by atoms with Crippen LogP contribution in [0.1, 0.15) is 57.9 Å². The Bertz CT molecular complexity index is 1540. The molecular formula is C30H28N2O7S. The number of aryl methyl sites for hydroxylation is 1. The molecule has 3 aromatic rings. The molecule has 1 fully saturated rings. The van der Waals surface area contributed by atoms with Gasteiger partial charge in [0, 0.05) is 5.56 Å². The Labute approximate surface area is 235 Å². The smallest absolute Gasteiger partial charge is 0.350 e. The van der Waals surface area contributed by atoms with Gasteiger partial charge in [0.25, 0.3) is 5.78 Å². The first-order valence-electron chi connectivity index (χ1n) is 12.8. The van der Waals surface area contributed by atoms with E-state index >= 15 is 0 Å². The van der Waals surface area contributed by atoms with Gasteiger partial charge in [-0.1, -0.05) is 62.1 Å². The molecule has 0 spiro atoms. The van der Waals surface area contributed by atoms with Crippen molar-refractivity contribution in [3.05, 3.63) is 88.0 Å². The fourth-order valence-electron chi connectivity index (χ4n) is 4.63. The number of nitrogens with zero attached hydrogens (tertiary/aromatic N) is 2. The van der Waals surface area contributed by atoms with Crippen molar-refractivity contribution in [2.75, 3.05) is 24.7 Å². The molecule has 0 aliphatic carbocycles. The van der Waals surface area contributed by atoms with E-state index in [1.54, 1.807) is 25.1 Å². The van der Waals surface area contributed by atoms with Gasteiger partial charge in [-0.25, -0.2) is 9.78 Å². The van der Waals surface area contributed by atoms with E-state index in [0.29, 0.717) is 41.5 Å². The molecule has 3 heterocycles. The van der Waals surface area contributed by atoms with Gasteiger partial charge in [-0.2, -0.15) is 0 Å². The van der Waals surface area contributed by atoms with Gasteiger partial charge in [0.05, 0.1) is 17.3 Å². The minimum atomic E-state index is -0.989. The van der Waals surface area contributed by atoms with E-state index in [1.165, 1.54) is 11.0 Å². The Morgan fingerprint density at radius 3 is 2.55 bits per heavy atom. The van der Waals surface area contributed by atoms with Crippen molar-refractivity contribution in [2.24, 2.45) is 0 Å². The number of fused-ring (bicyclic) bond motifs is 1. The number of aliphatic hydroxyl groups is 1. The molecule has 2 aliphatic rings. The maximum Gasteiger partial charge on any atom is 0.350 e. The third-order valence-electron chi connectivity index (χ3n) is 6.69. The number of rotatable bonds is 7. The highest BCUT2D eigenvalue weighted by molar-refractivity contribution is 7.17. The van der Waals surface area contributed by atoms with Crippen molar-refractivity contribution in [3.8, 4) is 11.5 Å². The third kappa shape index (κ3) is 4.86. The summed E-state index contributed by atoms with van der Waals surface area (Å²) < 4.78 is 16.4. The van der Waals surface area contributed by atoms with Crippen LogP contribution in [0.4, 0.5) is 5.13 Å². The normalized spacial score (nSPS) is 17.8. The monoisotopic (exact) mass is 560 g/mol. The zero-order valence-corrected chi connectivity index (χ0v) is 23.1. The second-order valence-electron chi connectivity index (χ2n) is 9.65. The van der Waals surface area contributed by atoms with E-state index in [1.807, 2.05) is 24.3 Å². The molecule has 1 amide bonds. The summed E-state index contributed by atoms with van der Waals surface area (Å²) in [7, 11) is 0. The minimum Gasteiger partial charge on any atom is -0.507 e. The van der Waals surface area contributed by atoms with E-state index in [4.69, 9.17) is 14.2 Å². The summed E-state index contributed by atoms with van der Waals surface area (Å²) in [6.07, 6.45) is 1.45. The molecule has 1 atom stereocenters. The second kappa shape index (κ2) is 11.0. The number of esters is 1. The number of Topliss-reactive ketones (excluding diaryl/α,β-unsaturated/α-hetero) is 1. The molecule has 1 unspecified atom stereocenters. The minimum absolute atomic E-state index is 0.0216. The Morgan fingerprint density at radius 2 is 1.88 bits per heavy atom. The van der Waals surface area contributed by atoms with Crippen molar-refractivity contribution < 1.29 is 33.7 Å². The number of carbonyl (C=O) groups excluding carboxylic acids is 3. The van der Waals surface area contributed by atoms with E-state index in [-0.39, 0.29) is 33.9 Å². The van der Waals surface area contributed by atoms with Crippen molar-refractivity contribution >= 4 is 39.9 Å². The summed E-state index contributed by atoms with van der Waals surface area (Å²) in [4.78, 5) is 45.5. The van der Waals surface area contributed by atoms with Crippen LogP contribution in [0.15, 0.2) is 60.7 Å². The molecule has 1 N–H and O–H groups in total. The molecule has 0 saturated carbocycles. The number of amides is 1. The maximum absolute atomic E-state index is 13.5. The SMILES string of the molecule is C=CCOC(=O)c1sc(N2C(=O)C(=O)/C(=C(\O)c3ccc4c(c3)OCCO4)C2c2ccc(C(C)C)cc2)nc1C. The number of anilines is 1. The maximum atomic E-state index is 13.5. The highest BCUT2D eigenvalue weighted by Crippen LogP contribution is 2.45. The predicted octanol–water partition coefficient (Wildman–Crippen LogP) is 5.32. The zero-order valence-electron chi connectivity index (χ0n) is 22.3. The molecule has 5 rings (SSSR count). The van der Waals surface area contributed by atoms with Crippen molar-refractivity contribution in [2.45, 2.75) is 32.7 Å². The zero-order chi connectivity index (χ0) is 28.6. The number of ether oxygens (including phenoxy) is 3. The number of hydrogen-bond donors (Lipinski definition) is 1. The quantitative estimate of drug-likeness (QED) is 0.136. The largest absolute Gasteiger partial charge is 0.507 e.